The Balaban J connectivity index is 4.85. The van der Waals surface area contributed by atoms with Crippen LogP contribution in [-0.4, -0.2) is 41.5 Å². The summed E-state index contributed by atoms with van der Waals surface area (Å²) in [5.74, 6) is -0.923. The number of aliphatic carboxylic acids is 1. The van der Waals surface area contributed by atoms with E-state index in [9.17, 15) is 14.7 Å². The molecule has 1 unspecified atom stereocenters. The van der Waals surface area contributed by atoms with Crippen LogP contribution >= 0.6 is 0 Å². The van der Waals surface area contributed by atoms with Crippen molar-refractivity contribution < 1.29 is 24.2 Å². The average molecular weight is 331 g/mol. The van der Waals surface area contributed by atoms with Crippen LogP contribution in [-0.2, 0) is 14.3 Å². The average Bonchev–Trinajstić information content (AvgIpc) is 2.32. The molecule has 0 spiro atoms. The summed E-state index contributed by atoms with van der Waals surface area (Å²) in [5, 5.41) is 12.3. The van der Waals surface area contributed by atoms with Gasteiger partial charge in [-0.15, -0.1) is 0 Å². The number of carboxylic acids is 1. The summed E-state index contributed by atoms with van der Waals surface area (Å²) >= 11 is 0. The molecule has 0 aromatic carbocycles. The first-order valence-corrected chi connectivity index (χ1v) is 8.15. The maximum absolute atomic E-state index is 11.8. The molecule has 0 bridgehead atoms. The molecule has 6 nitrogen and oxygen atoms in total. The highest BCUT2D eigenvalue weighted by atomic mass is 16.6. The molecule has 6 heteroatoms. The van der Waals surface area contributed by atoms with Gasteiger partial charge in [0.15, 0.2) is 0 Å². The topological polar surface area (TPSA) is 84.9 Å². The van der Waals surface area contributed by atoms with Crippen LogP contribution in [0.3, 0.4) is 0 Å². The Hall–Kier alpha value is -1.30. The zero-order valence-electron chi connectivity index (χ0n) is 15.6. The van der Waals surface area contributed by atoms with Crippen molar-refractivity contribution in [1.29, 1.82) is 0 Å². The van der Waals surface area contributed by atoms with E-state index in [1.807, 2.05) is 27.7 Å². The second kappa shape index (κ2) is 8.52. The molecule has 1 amide bonds. The minimum absolute atomic E-state index is 0.0264. The fourth-order valence-corrected chi connectivity index (χ4v) is 2.18. The van der Waals surface area contributed by atoms with Crippen molar-refractivity contribution in [3.63, 3.8) is 0 Å². The van der Waals surface area contributed by atoms with Crippen LogP contribution in [0.5, 0.6) is 0 Å². The van der Waals surface area contributed by atoms with Gasteiger partial charge < -0.3 is 19.9 Å². The van der Waals surface area contributed by atoms with Crippen molar-refractivity contribution in [1.82, 2.24) is 5.32 Å². The molecule has 0 aromatic heterocycles. The van der Waals surface area contributed by atoms with Crippen LogP contribution in [0.15, 0.2) is 0 Å². The van der Waals surface area contributed by atoms with Gasteiger partial charge in [-0.25, -0.2) is 4.79 Å². The van der Waals surface area contributed by atoms with E-state index in [2.05, 4.69) is 5.32 Å². The Labute approximate surface area is 139 Å². The normalized spacial score (nSPS) is 14.9. The standard InChI is InChI=1S/C17H33NO5/c1-8-9-17(13(19)20,10-11-22-15(2,3)4)12-18-14(21)23-16(5,6)7/h8-12H2,1-7H3,(H,18,21)(H,19,20). The third kappa shape index (κ3) is 9.43. The van der Waals surface area contributed by atoms with E-state index in [0.29, 0.717) is 25.9 Å². The van der Waals surface area contributed by atoms with Crippen molar-refractivity contribution in [3.05, 3.63) is 0 Å². The molecule has 0 aliphatic heterocycles. The highest BCUT2D eigenvalue weighted by molar-refractivity contribution is 5.76. The van der Waals surface area contributed by atoms with Crippen molar-refractivity contribution in [3.8, 4) is 0 Å². The molecular weight excluding hydrogens is 298 g/mol. The number of carbonyl (C=O) groups excluding carboxylic acids is 1. The number of hydrogen-bond acceptors (Lipinski definition) is 4. The minimum Gasteiger partial charge on any atom is -0.481 e. The quantitative estimate of drug-likeness (QED) is 0.710. The summed E-state index contributed by atoms with van der Waals surface area (Å²) in [6.07, 6.45) is 0.906. The zero-order chi connectivity index (χ0) is 18.3. The number of carboxylic acid groups (broad SMARTS) is 1. The molecule has 2 N–H and O–H groups in total. The molecule has 0 aliphatic rings. The van der Waals surface area contributed by atoms with Crippen LogP contribution in [0.2, 0.25) is 0 Å². The Kier molecular flexibility index (Phi) is 8.04. The molecule has 1 atom stereocenters. The van der Waals surface area contributed by atoms with Gasteiger partial charge in [-0.05, 0) is 54.4 Å². The number of hydrogen-bond donors (Lipinski definition) is 2. The SMILES string of the molecule is CCCC(CCOC(C)(C)C)(CNC(=O)OC(C)(C)C)C(=O)O. The Morgan fingerprint density at radius 2 is 1.57 bits per heavy atom. The van der Waals surface area contributed by atoms with Crippen molar-refractivity contribution in [2.24, 2.45) is 5.41 Å². The number of rotatable bonds is 8. The lowest BCUT2D eigenvalue weighted by molar-refractivity contribution is -0.151. The largest absolute Gasteiger partial charge is 0.481 e. The second-order valence-electron chi connectivity index (χ2n) is 7.90. The maximum atomic E-state index is 11.8. The number of amides is 1. The molecule has 136 valence electrons. The van der Waals surface area contributed by atoms with Gasteiger partial charge in [-0.1, -0.05) is 13.3 Å². The van der Waals surface area contributed by atoms with Crippen LogP contribution in [0.25, 0.3) is 0 Å². The van der Waals surface area contributed by atoms with Gasteiger partial charge in [0.25, 0.3) is 0 Å². The first-order valence-electron chi connectivity index (χ1n) is 8.15. The number of ether oxygens (including phenoxy) is 2. The zero-order valence-corrected chi connectivity index (χ0v) is 15.6. The molecule has 0 aliphatic carbocycles. The number of nitrogens with one attached hydrogen (secondary N) is 1. The minimum atomic E-state index is -1.04. The highest BCUT2D eigenvalue weighted by Crippen LogP contribution is 2.29. The Morgan fingerprint density at radius 3 is 1.96 bits per heavy atom. The van der Waals surface area contributed by atoms with Crippen LogP contribution in [0, 0.1) is 5.41 Å². The number of alkyl carbamates (subject to hydrolysis) is 1. The summed E-state index contributed by atoms with van der Waals surface area (Å²) in [7, 11) is 0. The fraction of sp³-hybridized carbons (Fsp3) is 0.882. The van der Waals surface area contributed by atoms with Crippen LogP contribution in [0.1, 0.15) is 67.7 Å². The summed E-state index contributed by atoms with van der Waals surface area (Å²) in [6.45, 7) is 13.3. The van der Waals surface area contributed by atoms with E-state index >= 15 is 0 Å². The van der Waals surface area contributed by atoms with E-state index in [1.165, 1.54) is 0 Å². The van der Waals surface area contributed by atoms with E-state index in [-0.39, 0.29) is 12.1 Å². The van der Waals surface area contributed by atoms with Gasteiger partial charge in [-0.2, -0.15) is 0 Å². The first-order chi connectivity index (χ1) is 10.3. The first kappa shape index (κ1) is 21.7. The summed E-state index contributed by atoms with van der Waals surface area (Å²) < 4.78 is 10.8. The van der Waals surface area contributed by atoms with Crippen molar-refractivity contribution >= 4 is 12.1 Å². The number of carbonyl (C=O) groups is 2. The van der Waals surface area contributed by atoms with Crippen molar-refractivity contribution in [2.45, 2.75) is 78.9 Å². The fourth-order valence-electron chi connectivity index (χ4n) is 2.18. The third-order valence-corrected chi connectivity index (χ3v) is 3.27. The molecule has 0 radical (unpaired) electrons. The Morgan fingerprint density at radius 1 is 1.00 bits per heavy atom. The molecule has 0 heterocycles. The lowest BCUT2D eigenvalue weighted by Gasteiger charge is -2.31. The van der Waals surface area contributed by atoms with Crippen molar-refractivity contribution in [2.75, 3.05) is 13.2 Å². The third-order valence-electron chi connectivity index (χ3n) is 3.27. The lowest BCUT2D eigenvalue weighted by Crippen LogP contribution is -2.45. The van der Waals surface area contributed by atoms with E-state index in [0.717, 1.165) is 0 Å². The summed E-state index contributed by atoms with van der Waals surface area (Å²) in [5.41, 5.74) is -1.98. The molecule has 0 saturated carbocycles. The molecule has 0 rings (SSSR count). The summed E-state index contributed by atoms with van der Waals surface area (Å²) in [6, 6.07) is 0. The second-order valence-corrected chi connectivity index (χ2v) is 7.90. The predicted octanol–water partition coefficient (Wildman–Crippen LogP) is 3.59. The van der Waals surface area contributed by atoms with Crippen LogP contribution < -0.4 is 5.32 Å². The Bertz CT molecular complexity index is 395. The van der Waals surface area contributed by atoms with E-state index < -0.39 is 23.1 Å². The highest BCUT2D eigenvalue weighted by Gasteiger charge is 2.38. The molecule has 0 aromatic rings. The smallest absolute Gasteiger partial charge is 0.407 e. The lowest BCUT2D eigenvalue weighted by atomic mass is 9.80. The van der Waals surface area contributed by atoms with E-state index in [4.69, 9.17) is 9.47 Å². The molecule has 0 fully saturated rings. The van der Waals surface area contributed by atoms with Crippen LogP contribution in [0.4, 0.5) is 4.79 Å². The summed E-state index contributed by atoms with van der Waals surface area (Å²) in [4.78, 5) is 23.6. The van der Waals surface area contributed by atoms with Gasteiger partial charge >= 0.3 is 12.1 Å². The van der Waals surface area contributed by atoms with Gasteiger partial charge in [0, 0.05) is 13.2 Å². The van der Waals surface area contributed by atoms with E-state index in [1.54, 1.807) is 20.8 Å². The van der Waals surface area contributed by atoms with Gasteiger partial charge in [0.2, 0.25) is 0 Å². The van der Waals surface area contributed by atoms with Gasteiger partial charge in [0.1, 0.15) is 5.60 Å². The monoisotopic (exact) mass is 331 g/mol. The molecule has 23 heavy (non-hydrogen) atoms. The predicted molar refractivity (Wildman–Crippen MR) is 89.5 cm³/mol. The van der Waals surface area contributed by atoms with Gasteiger partial charge in [0.05, 0.1) is 11.0 Å². The molecular formula is C17H33NO5. The molecule has 0 saturated heterocycles. The van der Waals surface area contributed by atoms with Gasteiger partial charge in [-0.3, -0.25) is 4.79 Å². The maximum Gasteiger partial charge on any atom is 0.407 e.